The van der Waals surface area contributed by atoms with Crippen LogP contribution in [0.15, 0.2) is 24.3 Å². The van der Waals surface area contributed by atoms with Crippen LogP contribution < -0.4 is 5.32 Å². The summed E-state index contributed by atoms with van der Waals surface area (Å²) in [6.45, 7) is 1.73. The number of esters is 1. The first-order valence-corrected chi connectivity index (χ1v) is 9.17. The quantitative estimate of drug-likeness (QED) is 0.406. The number of amides is 1. The van der Waals surface area contributed by atoms with Gasteiger partial charge in [0.05, 0.1) is 18.8 Å². The van der Waals surface area contributed by atoms with E-state index in [2.05, 4.69) is 16.3 Å². The molecule has 2 aromatic rings. The molecule has 1 aromatic carbocycles. The first-order valence-electron chi connectivity index (χ1n) is 8.03. The van der Waals surface area contributed by atoms with Crippen molar-refractivity contribution in [1.82, 2.24) is 15.1 Å². The van der Waals surface area contributed by atoms with Gasteiger partial charge in [-0.25, -0.2) is 9.48 Å². The number of nitrogens with one attached hydrogen (secondary N) is 1. The lowest BCUT2D eigenvalue weighted by molar-refractivity contribution is -0.143. The number of rotatable bonds is 7. The number of halogens is 3. The summed E-state index contributed by atoms with van der Waals surface area (Å²) >= 11 is 18.5. The van der Waals surface area contributed by atoms with Crippen LogP contribution >= 0.6 is 34.8 Å². The van der Waals surface area contributed by atoms with E-state index < -0.39 is 18.5 Å². The van der Waals surface area contributed by atoms with Crippen molar-refractivity contribution in [2.24, 2.45) is 0 Å². The zero-order chi connectivity index (χ0) is 20.7. The Balaban J connectivity index is 2.04. The number of aromatic nitrogens is 2. The fraction of sp³-hybridized carbons (Fsp3) is 0.211. The van der Waals surface area contributed by atoms with Crippen LogP contribution in [0.25, 0.3) is 6.08 Å². The smallest absolute Gasteiger partial charge is 0.331 e. The van der Waals surface area contributed by atoms with Gasteiger partial charge in [0, 0.05) is 21.7 Å². The fourth-order valence-electron chi connectivity index (χ4n) is 2.21. The van der Waals surface area contributed by atoms with Gasteiger partial charge in [0.1, 0.15) is 5.15 Å². The number of nitrogens with zero attached hydrogens (tertiary/aromatic N) is 2. The van der Waals surface area contributed by atoms with Gasteiger partial charge in [0.15, 0.2) is 6.61 Å². The van der Waals surface area contributed by atoms with E-state index in [1.165, 1.54) is 12.2 Å². The maximum absolute atomic E-state index is 11.8. The molecule has 0 aliphatic heterocycles. The lowest BCUT2D eigenvalue weighted by Crippen LogP contribution is -2.28. The number of ether oxygens (including phenoxy) is 1. The number of aryl methyl sites for hydroxylation is 1. The minimum Gasteiger partial charge on any atom is -0.452 e. The maximum atomic E-state index is 11.8. The average molecular weight is 441 g/mol. The summed E-state index contributed by atoms with van der Waals surface area (Å²) in [5.74, 6) is 1.07. The average Bonchev–Trinajstić information content (AvgIpc) is 2.91. The van der Waals surface area contributed by atoms with E-state index >= 15 is 0 Å². The summed E-state index contributed by atoms with van der Waals surface area (Å²) < 4.78 is 6.38. The van der Waals surface area contributed by atoms with Gasteiger partial charge in [-0.2, -0.15) is 5.10 Å². The van der Waals surface area contributed by atoms with Crippen molar-refractivity contribution in [3.05, 3.63) is 56.3 Å². The second kappa shape index (κ2) is 10.2. The molecule has 0 fully saturated rings. The highest BCUT2D eigenvalue weighted by Crippen LogP contribution is 2.26. The Morgan fingerprint density at radius 2 is 2.11 bits per heavy atom. The van der Waals surface area contributed by atoms with Crippen LogP contribution in [0.4, 0.5) is 0 Å². The molecule has 28 heavy (non-hydrogen) atoms. The first kappa shape index (κ1) is 21.8. The molecule has 146 valence electrons. The third-order valence-electron chi connectivity index (χ3n) is 3.56. The number of carbonyl (C=O) groups excluding carboxylic acids is 2. The SMILES string of the molecule is C#CCNC(=O)COC(=O)/C=C/c1c(C)nn(Cc2ccc(Cl)cc2Cl)c1Cl. The van der Waals surface area contributed by atoms with Gasteiger partial charge < -0.3 is 10.1 Å². The summed E-state index contributed by atoms with van der Waals surface area (Å²) in [5, 5.41) is 8.11. The molecule has 0 aliphatic rings. The second-order valence-corrected chi connectivity index (χ2v) is 6.81. The Morgan fingerprint density at radius 3 is 2.79 bits per heavy atom. The predicted molar refractivity (Wildman–Crippen MR) is 109 cm³/mol. The summed E-state index contributed by atoms with van der Waals surface area (Å²) in [5.41, 5.74) is 1.97. The van der Waals surface area contributed by atoms with Crippen molar-refractivity contribution in [2.75, 3.05) is 13.2 Å². The molecule has 0 bridgehead atoms. The monoisotopic (exact) mass is 439 g/mol. The van der Waals surface area contributed by atoms with Crippen LogP contribution in [0.1, 0.15) is 16.8 Å². The van der Waals surface area contributed by atoms with E-state index in [-0.39, 0.29) is 6.54 Å². The van der Waals surface area contributed by atoms with Gasteiger partial charge in [-0.3, -0.25) is 4.79 Å². The molecule has 0 atom stereocenters. The van der Waals surface area contributed by atoms with E-state index in [0.717, 1.165) is 5.56 Å². The lowest BCUT2D eigenvalue weighted by Gasteiger charge is -2.06. The first-order chi connectivity index (χ1) is 13.3. The number of carbonyl (C=O) groups is 2. The fourth-order valence-corrected chi connectivity index (χ4v) is 2.97. The Morgan fingerprint density at radius 1 is 1.36 bits per heavy atom. The van der Waals surface area contributed by atoms with Gasteiger partial charge in [-0.15, -0.1) is 6.42 Å². The number of hydrogen-bond donors (Lipinski definition) is 1. The Hall–Kier alpha value is -2.46. The molecule has 6 nitrogen and oxygen atoms in total. The third kappa shape index (κ3) is 6.03. The van der Waals surface area contributed by atoms with Crippen molar-refractivity contribution >= 4 is 52.8 Å². The minimum atomic E-state index is -0.695. The van der Waals surface area contributed by atoms with Crippen molar-refractivity contribution in [3.63, 3.8) is 0 Å². The minimum absolute atomic E-state index is 0.0673. The topological polar surface area (TPSA) is 73.2 Å². The highest BCUT2D eigenvalue weighted by Gasteiger charge is 2.13. The molecule has 1 aromatic heterocycles. The van der Waals surface area contributed by atoms with E-state index in [1.807, 2.05) is 0 Å². The van der Waals surface area contributed by atoms with E-state index in [4.69, 9.17) is 46.0 Å². The zero-order valence-corrected chi connectivity index (χ0v) is 17.1. The highest BCUT2D eigenvalue weighted by atomic mass is 35.5. The third-order valence-corrected chi connectivity index (χ3v) is 4.55. The molecule has 1 N–H and O–H groups in total. The molecule has 0 aliphatic carbocycles. The Kier molecular flexibility index (Phi) is 7.94. The summed E-state index contributed by atoms with van der Waals surface area (Å²) in [4.78, 5) is 23.1. The van der Waals surface area contributed by atoms with Crippen molar-refractivity contribution in [3.8, 4) is 12.3 Å². The highest BCUT2D eigenvalue weighted by molar-refractivity contribution is 6.35. The maximum Gasteiger partial charge on any atom is 0.331 e. The van der Waals surface area contributed by atoms with Crippen molar-refractivity contribution in [1.29, 1.82) is 0 Å². The lowest BCUT2D eigenvalue weighted by atomic mass is 10.2. The Labute approximate surface area is 177 Å². The van der Waals surface area contributed by atoms with E-state index in [1.54, 1.807) is 29.8 Å². The molecule has 9 heteroatoms. The van der Waals surface area contributed by atoms with Crippen LogP contribution in [0.3, 0.4) is 0 Å². The largest absolute Gasteiger partial charge is 0.452 e. The van der Waals surface area contributed by atoms with Gasteiger partial charge in [0.2, 0.25) is 0 Å². The summed E-state index contributed by atoms with van der Waals surface area (Å²) in [6, 6.07) is 5.15. The molecule has 0 saturated heterocycles. The molecule has 0 unspecified atom stereocenters. The number of benzene rings is 1. The van der Waals surface area contributed by atoms with Crippen LogP contribution in [-0.4, -0.2) is 34.8 Å². The van der Waals surface area contributed by atoms with Crippen molar-refractivity contribution < 1.29 is 14.3 Å². The molecule has 0 saturated carbocycles. The van der Waals surface area contributed by atoms with E-state index in [9.17, 15) is 9.59 Å². The molecule has 0 radical (unpaired) electrons. The molecular formula is C19H16Cl3N3O3. The predicted octanol–water partition coefficient (Wildman–Crippen LogP) is 3.51. The molecular weight excluding hydrogens is 425 g/mol. The van der Waals surface area contributed by atoms with Gasteiger partial charge in [-0.05, 0) is 30.7 Å². The van der Waals surface area contributed by atoms with Crippen LogP contribution in [0, 0.1) is 19.3 Å². The van der Waals surface area contributed by atoms with Crippen LogP contribution in [-0.2, 0) is 20.9 Å². The zero-order valence-electron chi connectivity index (χ0n) is 14.8. The normalized spacial score (nSPS) is 10.7. The number of terminal acetylenes is 1. The standard InChI is InChI=1S/C19H16Cl3N3O3/c1-3-8-23-17(26)11-28-18(27)7-6-15-12(2)24-25(19(15)22)10-13-4-5-14(20)9-16(13)21/h1,4-7,9H,8,10-11H2,2H3,(H,23,26)/b7-6+. The van der Waals surface area contributed by atoms with E-state index in [0.29, 0.717) is 33.0 Å². The summed E-state index contributed by atoms with van der Waals surface area (Å²) in [6.07, 6.45) is 7.67. The van der Waals surface area contributed by atoms with Crippen LogP contribution in [0.2, 0.25) is 15.2 Å². The number of hydrogen-bond acceptors (Lipinski definition) is 4. The molecule has 0 spiro atoms. The second-order valence-electron chi connectivity index (χ2n) is 5.61. The molecule has 2 rings (SSSR count). The molecule has 1 amide bonds. The van der Waals surface area contributed by atoms with Gasteiger partial charge in [0.25, 0.3) is 5.91 Å². The van der Waals surface area contributed by atoms with Crippen molar-refractivity contribution in [2.45, 2.75) is 13.5 Å². The van der Waals surface area contributed by atoms with Gasteiger partial charge >= 0.3 is 5.97 Å². The molecule has 1 heterocycles. The van der Waals surface area contributed by atoms with Crippen LogP contribution in [0.5, 0.6) is 0 Å². The van der Waals surface area contributed by atoms with Gasteiger partial charge in [-0.1, -0.05) is 46.8 Å². The Bertz CT molecular complexity index is 961. The summed E-state index contributed by atoms with van der Waals surface area (Å²) in [7, 11) is 0.